The molecule has 0 saturated carbocycles. The van der Waals surface area contributed by atoms with Crippen LogP contribution >= 0.6 is 11.6 Å². The molecular weight excluding hydrogens is 408 g/mol. The number of carbonyl (C=O) groups is 1. The largest absolute Gasteiger partial charge is 0.486 e. The first-order valence-corrected chi connectivity index (χ1v) is 10.9. The van der Waals surface area contributed by atoms with Gasteiger partial charge in [-0.25, -0.2) is 4.79 Å². The van der Waals surface area contributed by atoms with Gasteiger partial charge in [0.15, 0.2) is 0 Å². The molecule has 1 aliphatic heterocycles. The molecule has 4 rings (SSSR count). The Kier molecular flexibility index (Phi) is 5.35. The number of fused-ring (bicyclic) bond motifs is 1. The van der Waals surface area contributed by atoms with E-state index in [1.807, 2.05) is 24.3 Å². The van der Waals surface area contributed by atoms with E-state index in [9.17, 15) is 9.90 Å². The number of halogens is 1. The van der Waals surface area contributed by atoms with Gasteiger partial charge in [0.1, 0.15) is 11.4 Å². The molecule has 0 spiro atoms. The van der Waals surface area contributed by atoms with Crippen molar-refractivity contribution < 1.29 is 14.6 Å². The van der Waals surface area contributed by atoms with Crippen LogP contribution in [0.25, 0.3) is 11.1 Å². The van der Waals surface area contributed by atoms with Gasteiger partial charge in [0.25, 0.3) is 0 Å². The van der Waals surface area contributed by atoms with Crippen molar-refractivity contribution >= 4 is 17.6 Å². The van der Waals surface area contributed by atoms with Crippen molar-refractivity contribution in [3.05, 3.63) is 87.9 Å². The summed E-state index contributed by atoms with van der Waals surface area (Å²) in [6.07, 6.45) is 1.61. The Labute approximate surface area is 188 Å². The Balaban J connectivity index is 1.72. The molecule has 160 valence electrons. The van der Waals surface area contributed by atoms with Crippen molar-refractivity contribution in [1.29, 1.82) is 0 Å². The maximum absolute atomic E-state index is 11.2. The van der Waals surface area contributed by atoms with E-state index < -0.39 is 5.97 Å². The van der Waals surface area contributed by atoms with Gasteiger partial charge in [0.2, 0.25) is 0 Å². The Morgan fingerprint density at radius 1 is 1.03 bits per heavy atom. The maximum atomic E-state index is 11.2. The molecule has 1 atom stereocenters. The molecule has 3 nitrogen and oxygen atoms in total. The third-order valence-electron chi connectivity index (χ3n) is 5.84. The second-order valence-electron chi connectivity index (χ2n) is 9.68. The number of benzene rings is 3. The summed E-state index contributed by atoms with van der Waals surface area (Å²) < 4.78 is 6.62. The maximum Gasteiger partial charge on any atom is 0.335 e. The van der Waals surface area contributed by atoms with Gasteiger partial charge in [0, 0.05) is 23.4 Å². The van der Waals surface area contributed by atoms with Crippen LogP contribution in [-0.4, -0.2) is 16.7 Å². The van der Waals surface area contributed by atoms with Crippen LogP contribution < -0.4 is 4.74 Å². The fourth-order valence-corrected chi connectivity index (χ4v) is 4.41. The summed E-state index contributed by atoms with van der Waals surface area (Å²) in [7, 11) is 0. The van der Waals surface area contributed by atoms with Gasteiger partial charge in [-0.1, -0.05) is 56.6 Å². The molecule has 0 radical (unpaired) electrons. The lowest BCUT2D eigenvalue weighted by molar-refractivity contribution is 0.0697. The number of carboxylic acids is 1. The van der Waals surface area contributed by atoms with Gasteiger partial charge in [-0.15, -0.1) is 0 Å². The first-order chi connectivity index (χ1) is 14.5. The molecule has 1 unspecified atom stereocenters. The highest BCUT2D eigenvalue weighted by atomic mass is 35.5. The Bertz CT molecular complexity index is 1120. The summed E-state index contributed by atoms with van der Waals surface area (Å²) in [6, 6.07) is 19.4. The molecule has 1 aliphatic rings. The van der Waals surface area contributed by atoms with Crippen LogP contribution in [-0.2, 0) is 18.3 Å². The lowest BCUT2D eigenvalue weighted by Crippen LogP contribution is -2.33. The molecular formula is C27H27ClO3. The average Bonchev–Trinajstić information content (AvgIpc) is 3.04. The Morgan fingerprint density at radius 2 is 1.68 bits per heavy atom. The first kappa shape index (κ1) is 21.5. The minimum atomic E-state index is -0.915. The number of rotatable bonds is 4. The first-order valence-electron chi connectivity index (χ1n) is 10.5. The van der Waals surface area contributed by atoms with E-state index in [0.717, 1.165) is 34.7 Å². The van der Waals surface area contributed by atoms with E-state index in [2.05, 4.69) is 52.0 Å². The highest BCUT2D eigenvalue weighted by molar-refractivity contribution is 6.30. The van der Waals surface area contributed by atoms with Crippen LogP contribution in [0.4, 0.5) is 0 Å². The molecule has 3 aromatic carbocycles. The van der Waals surface area contributed by atoms with Crippen LogP contribution in [0.3, 0.4) is 0 Å². The molecule has 31 heavy (non-hydrogen) atoms. The molecule has 0 bridgehead atoms. The predicted octanol–water partition coefficient (Wildman–Crippen LogP) is 6.94. The van der Waals surface area contributed by atoms with Crippen LogP contribution in [0.2, 0.25) is 5.02 Å². The summed E-state index contributed by atoms with van der Waals surface area (Å²) in [5.74, 6) is 0.0668. The normalized spacial score (nSPS) is 17.8. The Morgan fingerprint density at radius 3 is 2.26 bits per heavy atom. The zero-order valence-corrected chi connectivity index (χ0v) is 19.1. The lowest BCUT2D eigenvalue weighted by Gasteiger charge is -2.27. The van der Waals surface area contributed by atoms with Gasteiger partial charge in [-0.05, 0) is 71.0 Å². The fraction of sp³-hybridized carbons (Fsp3) is 0.296. The molecule has 0 amide bonds. The molecule has 1 heterocycles. The quantitative estimate of drug-likeness (QED) is 0.483. The minimum Gasteiger partial charge on any atom is -0.486 e. The SMILES string of the molecule is CC1(Cc2ccc(Cl)cc2)Cc2cc(-c3ccc(C(=O)O)cc3)cc(C(C)(C)C)c2O1. The predicted molar refractivity (Wildman–Crippen MR) is 125 cm³/mol. The van der Waals surface area contributed by atoms with E-state index in [1.165, 1.54) is 16.7 Å². The van der Waals surface area contributed by atoms with Crippen molar-refractivity contribution in [1.82, 2.24) is 0 Å². The molecule has 0 aliphatic carbocycles. The van der Waals surface area contributed by atoms with E-state index in [0.29, 0.717) is 5.56 Å². The minimum absolute atomic E-state index is 0.0907. The van der Waals surface area contributed by atoms with Gasteiger partial charge in [0.05, 0.1) is 5.56 Å². The summed E-state index contributed by atoms with van der Waals surface area (Å²) in [4.78, 5) is 11.2. The third kappa shape index (κ3) is 4.47. The van der Waals surface area contributed by atoms with Crippen molar-refractivity contribution in [2.24, 2.45) is 0 Å². The highest BCUT2D eigenvalue weighted by Gasteiger charge is 2.38. The van der Waals surface area contributed by atoms with Crippen molar-refractivity contribution in [2.75, 3.05) is 0 Å². The Hall–Kier alpha value is -2.78. The van der Waals surface area contributed by atoms with Crippen molar-refractivity contribution in [2.45, 2.75) is 51.6 Å². The standard InChI is InChI=1S/C27H27ClO3/c1-26(2,3)23-14-20(18-7-9-19(10-8-18)25(29)30)13-21-16-27(4,31-24(21)23)15-17-5-11-22(28)12-6-17/h5-14H,15-16H2,1-4H3,(H,29,30). The van der Waals surface area contributed by atoms with Crippen LogP contribution in [0, 0.1) is 0 Å². The number of hydrogen-bond acceptors (Lipinski definition) is 2. The zero-order valence-electron chi connectivity index (χ0n) is 18.3. The molecule has 0 saturated heterocycles. The van der Waals surface area contributed by atoms with E-state index in [1.54, 1.807) is 12.1 Å². The number of carboxylic acid groups (broad SMARTS) is 1. The molecule has 0 aromatic heterocycles. The summed E-state index contributed by atoms with van der Waals surface area (Å²) in [6.45, 7) is 8.74. The van der Waals surface area contributed by atoms with E-state index in [4.69, 9.17) is 16.3 Å². The third-order valence-corrected chi connectivity index (χ3v) is 6.10. The lowest BCUT2D eigenvalue weighted by atomic mass is 9.82. The van der Waals surface area contributed by atoms with Crippen molar-refractivity contribution in [3.8, 4) is 16.9 Å². The molecule has 0 fully saturated rings. The van der Waals surface area contributed by atoms with Gasteiger partial charge in [-0.3, -0.25) is 0 Å². The number of aromatic carboxylic acids is 1. The van der Waals surface area contributed by atoms with Gasteiger partial charge >= 0.3 is 5.97 Å². The number of ether oxygens (including phenoxy) is 1. The van der Waals surface area contributed by atoms with Gasteiger partial charge < -0.3 is 9.84 Å². The summed E-state index contributed by atoms with van der Waals surface area (Å²) in [5.41, 5.74) is 5.52. The average molecular weight is 435 g/mol. The highest BCUT2D eigenvalue weighted by Crippen LogP contribution is 2.46. The second kappa shape index (κ2) is 7.72. The monoisotopic (exact) mass is 434 g/mol. The molecule has 3 aromatic rings. The number of hydrogen-bond donors (Lipinski definition) is 1. The molecule has 4 heteroatoms. The smallest absolute Gasteiger partial charge is 0.335 e. The van der Waals surface area contributed by atoms with Crippen molar-refractivity contribution in [3.63, 3.8) is 0 Å². The fourth-order valence-electron chi connectivity index (χ4n) is 4.29. The van der Waals surface area contributed by atoms with Gasteiger partial charge in [-0.2, -0.15) is 0 Å². The van der Waals surface area contributed by atoms with E-state index >= 15 is 0 Å². The molecule has 1 N–H and O–H groups in total. The summed E-state index contributed by atoms with van der Waals surface area (Å²) >= 11 is 6.05. The van der Waals surface area contributed by atoms with E-state index in [-0.39, 0.29) is 11.0 Å². The van der Waals surface area contributed by atoms with Crippen LogP contribution in [0.15, 0.2) is 60.7 Å². The zero-order chi connectivity index (χ0) is 22.4. The van der Waals surface area contributed by atoms with Crippen LogP contribution in [0.1, 0.15) is 54.7 Å². The van der Waals surface area contributed by atoms with Crippen LogP contribution in [0.5, 0.6) is 5.75 Å². The summed E-state index contributed by atoms with van der Waals surface area (Å²) in [5, 5.41) is 9.93. The second-order valence-corrected chi connectivity index (χ2v) is 10.1. The topological polar surface area (TPSA) is 46.5 Å².